The van der Waals surface area contributed by atoms with Crippen LogP contribution in [0.3, 0.4) is 0 Å². The number of aliphatic imine (C=N–C) groups is 1. The SMILES string of the molecule is CNC(N=C1C(=O)N(C)C(=O)N1c1ccccc1F)C(Cl)(Cl)Cl. The molecule has 0 saturated carbocycles. The van der Waals surface area contributed by atoms with Gasteiger partial charge in [0.1, 0.15) is 12.0 Å². The monoisotopic (exact) mass is 380 g/mol. The van der Waals surface area contributed by atoms with Gasteiger partial charge in [-0.05, 0) is 19.2 Å². The summed E-state index contributed by atoms with van der Waals surface area (Å²) in [7, 11) is 2.72. The van der Waals surface area contributed by atoms with Crippen LogP contribution in [0.2, 0.25) is 0 Å². The Bertz CT molecular complexity index is 677. The summed E-state index contributed by atoms with van der Waals surface area (Å²) in [6.45, 7) is 0. The normalized spacial score (nSPS) is 19.0. The van der Waals surface area contributed by atoms with Gasteiger partial charge >= 0.3 is 6.03 Å². The number of amides is 3. The summed E-state index contributed by atoms with van der Waals surface area (Å²) < 4.78 is 12.2. The third-order valence-electron chi connectivity index (χ3n) is 3.11. The van der Waals surface area contributed by atoms with Gasteiger partial charge in [0, 0.05) is 7.05 Å². The smallest absolute Gasteiger partial charge is 0.295 e. The van der Waals surface area contributed by atoms with E-state index in [1.54, 1.807) is 0 Å². The molecule has 1 atom stereocenters. The molecule has 6 nitrogen and oxygen atoms in total. The number of para-hydroxylation sites is 1. The number of hydrogen-bond donors (Lipinski definition) is 1. The standard InChI is InChI=1S/C13H12Cl3FN4O2/c1-18-11(13(14,15)16)19-9-10(22)20(2)12(23)21(9)8-6-4-3-5-7(8)17/h3-6,11,18H,1-2H3. The Kier molecular flexibility index (Phi) is 5.15. The van der Waals surface area contributed by atoms with Gasteiger partial charge in [-0.2, -0.15) is 0 Å². The zero-order valence-electron chi connectivity index (χ0n) is 12.1. The van der Waals surface area contributed by atoms with E-state index in [9.17, 15) is 14.0 Å². The Morgan fingerprint density at radius 1 is 1.26 bits per heavy atom. The minimum Gasteiger partial charge on any atom is -0.295 e. The van der Waals surface area contributed by atoms with Gasteiger partial charge in [0.05, 0.1) is 5.69 Å². The largest absolute Gasteiger partial charge is 0.337 e. The molecule has 1 heterocycles. The van der Waals surface area contributed by atoms with Crippen LogP contribution in [0.15, 0.2) is 29.3 Å². The van der Waals surface area contributed by atoms with E-state index in [1.165, 1.54) is 32.3 Å². The lowest BCUT2D eigenvalue weighted by Gasteiger charge is -2.22. The molecule has 1 aromatic carbocycles. The average Bonchev–Trinajstić information content (AvgIpc) is 2.68. The lowest BCUT2D eigenvalue weighted by atomic mass is 10.3. The second-order valence-electron chi connectivity index (χ2n) is 4.62. The van der Waals surface area contributed by atoms with Crippen molar-refractivity contribution in [3.63, 3.8) is 0 Å². The van der Waals surface area contributed by atoms with Gasteiger partial charge in [0.25, 0.3) is 5.91 Å². The van der Waals surface area contributed by atoms with Crippen molar-refractivity contribution in [1.29, 1.82) is 0 Å². The highest BCUT2D eigenvalue weighted by molar-refractivity contribution is 6.68. The maximum absolute atomic E-state index is 14.0. The second-order valence-corrected chi connectivity index (χ2v) is 6.99. The molecule has 0 aromatic heterocycles. The van der Waals surface area contributed by atoms with Crippen LogP contribution in [0.5, 0.6) is 0 Å². The van der Waals surface area contributed by atoms with E-state index in [1.807, 2.05) is 0 Å². The summed E-state index contributed by atoms with van der Waals surface area (Å²) >= 11 is 17.3. The van der Waals surface area contributed by atoms with Crippen molar-refractivity contribution < 1.29 is 14.0 Å². The number of nitrogens with zero attached hydrogens (tertiary/aromatic N) is 3. The van der Waals surface area contributed by atoms with E-state index >= 15 is 0 Å². The number of alkyl halides is 3. The van der Waals surface area contributed by atoms with Crippen molar-refractivity contribution in [2.24, 2.45) is 4.99 Å². The van der Waals surface area contributed by atoms with Crippen LogP contribution in [0.25, 0.3) is 0 Å². The number of hydrogen-bond acceptors (Lipinski definition) is 4. The van der Waals surface area contributed by atoms with Crippen LogP contribution >= 0.6 is 34.8 Å². The van der Waals surface area contributed by atoms with Gasteiger partial charge in [-0.15, -0.1) is 0 Å². The molecular formula is C13H12Cl3FN4O2. The maximum atomic E-state index is 14.0. The first-order valence-electron chi connectivity index (χ1n) is 6.37. The highest BCUT2D eigenvalue weighted by Gasteiger charge is 2.44. The Balaban J connectivity index is 2.56. The summed E-state index contributed by atoms with van der Waals surface area (Å²) in [4.78, 5) is 30.2. The molecule has 1 saturated heterocycles. The van der Waals surface area contributed by atoms with Crippen molar-refractivity contribution >= 4 is 58.3 Å². The molecule has 124 valence electrons. The molecule has 1 aliphatic heterocycles. The fourth-order valence-corrected chi connectivity index (χ4v) is 2.43. The lowest BCUT2D eigenvalue weighted by Crippen LogP contribution is -2.40. The number of nitrogens with one attached hydrogen (secondary N) is 1. The molecule has 3 amide bonds. The number of urea groups is 1. The molecule has 0 radical (unpaired) electrons. The Labute approximate surface area is 146 Å². The number of amidine groups is 1. The fraction of sp³-hybridized carbons (Fsp3) is 0.308. The van der Waals surface area contributed by atoms with Gasteiger partial charge < -0.3 is 0 Å². The van der Waals surface area contributed by atoms with E-state index in [0.29, 0.717) is 0 Å². The zero-order chi connectivity index (χ0) is 17.4. The number of rotatable bonds is 3. The van der Waals surface area contributed by atoms with Gasteiger partial charge in [0.2, 0.25) is 9.63 Å². The van der Waals surface area contributed by atoms with Crippen molar-refractivity contribution in [2.45, 2.75) is 9.96 Å². The maximum Gasteiger partial charge on any atom is 0.337 e. The fourth-order valence-electron chi connectivity index (χ4n) is 1.96. The third-order valence-corrected chi connectivity index (χ3v) is 3.73. The van der Waals surface area contributed by atoms with Crippen molar-refractivity contribution in [3.05, 3.63) is 30.1 Å². The highest BCUT2D eigenvalue weighted by Crippen LogP contribution is 2.32. The van der Waals surface area contributed by atoms with Crippen LogP contribution in [-0.4, -0.2) is 46.7 Å². The van der Waals surface area contributed by atoms with E-state index < -0.39 is 27.7 Å². The number of carbonyl (C=O) groups is 2. The van der Waals surface area contributed by atoms with Gasteiger partial charge in [-0.1, -0.05) is 46.9 Å². The summed E-state index contributed by atoms with van der Waals surface area (Å²) in [5.74, 6) is -1.76. The molecule has 1 aromatic rings. The van der Waals surface area contributed by atoms with Crippen molar-refractivity contribution in [3.8, 4) is 0 Å². The molecule has 1 aliphatic rings. The lowest BCUT2D eigenvalue weighted by molar-refractivity contribution is -0.119. The molecular weight excluding hydrogens is 370 g/mol. The van der Waals surface area contributed by atoms with Gasteiger partial charge in [-0.25, -0.2) is 19.1 Å². The minimum absolute atomic E-state index is 0.117. The molecule has 1 unspecified atom stereocenters. The molecule has 2 rings (SSSR count). The van der Waals surface area contributed by atoms with E-state index in [-0.39, 0.29) is 11.5 Å². The summed E-state index contributed by atoms with van der Waals surface area (Å²) in [6.07, 6.45) is -1.11. The number of halogens is 4. The molecule has 10 heteroatoms. The van der Waals surface area contributed by atoms with Crippen LogP contribution < -0.4 is 10.2 Å². The Morgan fingerprint density at radius 3 is 2.39 bits per heavy atom. The number of imide groups is 1. The first-order valence-corrected chi connectivity index (χ1v) is 7.50. The number of likely N-dealkylation sites (N-methyl/N-ethyl adjacent to an activating group) is 1. The highest BCUT2D eigenvalue weighted by atomic mass is 35.6. The number of benzene rings is 1. The summed E-state index contributed by atoms with van der Waals surface area (Å²) in [5, 5.41) is 2.62. The number of carbonyl (C=O) groups excluding carboxylic acids is 2. The first kappa shape index (κ1) is 17.9. The van der Waals surface area contributed by atoms with E-state index in [0.717, 1.165) is 15.9 Å². The quantitative estimate of drug-likeness (QED) is 0.646. The number of anilines is 1. The molecule has 23 heavy (non-hydrogen) atoms. The average molecular weight is 382 g/mol. The summed E-state index contributed by atoms with van der Waals surface area (Å²) in [5.41, 5.74) is -0.117. The van der Waals surface area contributed by atoms with Crippen LogP contribution in [-0.2, 0) is 4.79 Å². The van der Waals surface area contributed by atoms with Crippen LogP contribution in [0.4, 0.5) is 14.9 Å². The van der Waals surface area contributed by atoms with Crippen molar-refractivity contribution in [2.75, 3.05) is 19.0 Å². The van der Waals surface area contributed by atoms with Crippen LogP contribution in [0, 0.1) is 5.82 Å². The topological polar surface area (TPSA) is 65.0 Å². The van der Waals surface area contributed by atoms with Crippen molar-refractivity contribution in [1.82, 2.24) is 10.2 Å². The molecule has 1 fully saturated rings. The Hall–Kier alpha value is -1.41. The predicted molar refractivity (Wildman–Crippen MR) is 87.6 cm³/mol. The van der Waals surface area contributed by atoms with E-state index in [2.05, 4.69) is 10.3 Å². The Morgan fingerprint density at radius 2 is 1.87 bits per heavy atom. The minimum atomic E-state index is -1.87. The zero-order valence-corrected chi connectivity index (χ0v) is 14.3. The van der Waals surface area contributed by atoms with E-state index in [4.69, 9.17) is 34.8 Å². The van der Waals surface area contributed by atoms with Crippen LogP contribution in [0.1, 0.15) is 0 Å². The van der Waals surface area contributed by atoms with Gasteiger partial charge in [0.15, 0.2) is 0 Å². The van der Waals surface area contributed by atoms with Gasteiger partial charge in [-0.3, -0.25) is 15.0 Å². The summed E-state index contributed by atoms with van der Waals surface area (Å²) in [6, 6.07) is 4.74. The predicted octanol–water partition coefficient (Wildman–Crippen LogP) is 2.54. The molecule has 0 spiro atoms. The second kappa shape index (κ2) is 6.60. The molecule has 0 bridgehead atoms. The molecule has 1 N–H and O–H groups in total. The first-order chi connectivity index (χ1) is 10.7. The molecule has 0 aliphatic carbocycles. The third kappa shape index (κ3) is 3.42.